The highest BCUT2D eigenvalue weighted by atomic mass is 127. The average molecular weight is 527 g/mol. The normalized spacial score (nSPS) is 11.1. The van der Waals surface area contributed by atoms with Crippen LogP contribution in [0.25, 0.3) is 0 Å². The molecule has 0 saturated carbocycles. The Bertz CT molecular complexity index is 670. The Labute approximate surface area is 154 Å². The van der Waals surface area contributed by atoms with E-state index in [4.69, 9.17) is 0 Å². The fraction of sp³-hybridized carbons (Fsp3) is 0.286. The van der Waals surface area contributed by atoms with Gasteiger partial charge in [-0.2, -0.15) is 5.10 Å². The van der Waals surface area contributed by atoms with E-state index in [0.29, 0.717) is 17.8 Å². The highest BCUT2D eigenvalue weighted by molar-refractivity contribution is 14.1. The van der Waals surface area contributed by atoms with E-state index in [9.17, 15) is 4.79 Å². The fourth-order valence-electron chi connectivity index (χ4n) is 1.85. The van der Waals surface area contributed by atoms with Crippen molar-refractivity contribution < 1.29 is 4.79 Å². The van der Waals surface area contributed by atoms with Gasteiger partial charge in [0, 0.05) is 20.2 Å². The van der Waals surface area contributed by atoms with Crippen molar-refractivity contribution in [1.29, 1.82) is 0 Å². The van der Waals surface area contributed by atoms with Crippen LogP contribution in [0.5, 0.6) is 0 Å². The number of ketones is 1. The Kier molecular flexibility index (Phi) is 5.98. The van der Waals surface area contributed by atoms with Gasteiger partial charge in [0.2, 0.25) is 5.78 Å². The van der Waals surface area contributed by atoms with E-state index in [1.165, 1.54) is 0 Å². The van der Waals surface area contributed by atoms with Crippen LogP contribution in [-0.2, 0) is 6.54 Å². The minimum atomic E-state index is -0.0242. The molecule has 0 aliphatic carbocycles. The van der Waals surface area contributed by atoms with Crippen LogP contribution in [-0.4, -0.2) is 41.1 Å². The molecular weight excluding hydrogens is 513 g/mol. The summed E-state index contributed by atoms with van der Waals surface area (Å²) in [5.41, 5.74) is 1.27. The zero-order valence-corrected chi connectivity index (χ0v) is 16.9. The zero-order chi connectivity index (χ0) is 15.6. The van der Waals surface area contributed by atoms with Crippen molar-refractivity contribution in [3.05, 3.63) is 48.2 Å². The number of carbonyl (C=O) groups is 1. The quantitative estimate of drug-likeness (QED) is 0.439. The maximum atomic E-state index is 12.8. The van der Waals surface area contributed by atoms with Crippen molar-refractivity contribution in [1.82, 2.24) is 14.7 Å². The van der Waals surface area contributed by atoms with E-state index < -0.39 is 0 Å². The lowest BCUT2D eigenvalue weighted by molar-refractivity contribution is 0.102. The van der Waals surface area contributed by atoms with Crippen LogP contribution in [0.3, 0.4) is 0 Å². The minimum absolute atomic E-state index is 0.0242. The first kappa shape index (κ1) is 17.1. The first-order chi connectivity index (χ1) is 9.90. The summed E-state index contributed by atoms with van der Waals surface area (Å²) in [5.74, 6) is -0.0242. The third-order valence-electron chi connectivity index (χ3n) is 2.94. The number of halogens is 3. The Hall–Kier alpha value is -0.250. The zero-order valence-electron chi connectivity index (χ0n) is 11.6. The van der Waals surface area contributed by atoms with Gasteiger partial charge in [-0.1, -0.05) is 15.9 Å². The molecule has 1 heterocycles. The van der Waals surface area contributed by atoms with Gasteiger partial charge in [0.15, 0.2) is 0 Å². The maximum Gasteiger partial charge on any atom is 0.213 e. The monoisotopic (exact) mass is 525 g/mol. The first-order valence-electron chi connectivity index (χ1n) is 6.26. The highest BCUT2D eigenvalue weighted by Gasteiger charge is 2.21. The molecule has 112 valence electrons. The smallest absolute Gasteiger partial charge is 0.213 e. The van der Waals surface area contributed by atoms with Gasteiger partial charge < -0.3 is 4.90 Å². The lowest BCUT2D eigenvalue weighted by Gasteiger charge is -2.12. The molecule has 21 heavy (non-hydrogen) atoms. The van der Waals surface area contributed by atoms with Gasteiger partial charge in [-0.05, 0) is 70.8 Å². The number of aromatic nitrogens is 2. The number of benzene rings is 1. The number of carbonyl (C=O) groups excluding carboxylic acids is 1. The molecule has 2 aromatic rings. The summed E-state index contributed by atoms with van der Waals surface area (Å²) in [4.78, 5) is 14.9. The van der Waals surface area contributed by atoms with E-state index in [2.05, 4.69) is 64.4 Å². The molecule has 0 fully saturated rings. The molecule has 0 saturated heterocycles. The Morgan fingerprint density at radius 1 is 1.38 bits per heavy atom. The lowest BCUT2D eigenvalue weighted by Crippen LogP contribution is -2.22. The summed E-state index contributed by atoms with van der Waals surface area (Å²) < 4.78 is 4.29. The molecule has 0 bridgehead atoms. The van der Waals surface area contributed by atoms with Gasteiger partial charge in [-0.25, -0.2) is 0 Å². The minimum Gasteiger partial charge on any atom is -0.308 e. The van der Waals surface area contributed by atoms with Gasteiger partial charge in [0.25, 0.3) is 0 Å². The van der Waals surface area contributed by atoms with Gasteiger partial charge in [-0.3, -0.25) is 9.48 Å². The van der Waals surface area contributed by atoms with E-state index in [1.807, 2.05) is 32.3 Å². The average Bonchev–Trinajstić information content (AvgIpc) is 2.79. The summed E-state index contributed by atoms with van der Waals surface area (Å²) >= 11 is 9.03. The maximum absolute atomic E-state index is 12.8. The van der Waals surface area contributed by atoms with E-state index in [-0.39, 0.29) is 5.78 Å². The van der Waals surface area contributed by atoms with Gasteiger partial charge >= 0.3 is 0 Å². The largest absolute Gasteiger partial charge is 0.308 e. The molecule has 0 N–H and O–H groups in total. The molecule has 0 aliphatic heterocycles. The molecule has 0 amide bonds. The van der Waals surface area contributed by atoms with E-state index in [1.54, 1.807) is 10.9 Å². The standard InChI is InChI=1S/C14H14Br2IN3O/c1-19(2)5-6-20-13(11(16)8-18-20)14(21)10-7-9(15)3-4-12(10)17/h3-4,7-8H,5-6H2,1-2H3. The van der Waals surface area contributed by atoms with Crippen LogP contribution in [0, 0.1) is 3.57 Å². The molecule has 0 spiro atoms. The lowest BCUT2D eigenvalue weighted by atomic mass is 10.1. The van der Waals surface area contributed by atoms with Crippen molar-refractivity contribution in [2.45, 2.75) is 6.54 Å². The van der Waals surface area contributed by atoms with Crippen molar-refractivity contribution in [2.24, 2.45) is 0 Å². The molecule has 0 unspecified atom stereocenters. The van der Waals surface area contributed by atoms with Crippen molar-refractivity contribution in [2.75, 3.05) is 20.6 Å². The Balaban J connectivity index is 2.39. The first-order valence-corrected chi connectivity index (χ1v) is 8.92. The van der Waals surface area contributed by atoms with Crippen LogP contribution in [0.1, 0.15) is 16.1 Å². The van der Waals surface area contributed by atoms with Crippen molar-refractivity contribution in [3.63, 3.8) is 0 Å². The predicted molar refractivity (Wildman–Crippen MR) is 98.8 cm³/mol. The fourth-order valence-corrected chi connectivity index (χ4v) is 3.27. The number of hydrogen-bond donors (Lipinski definition) is 0. The van der Waals surface area contributed by atoms with Gasteiger partial charge in [-0.15, -0.1) is 0 Å². The number of likely N-dealkylation sites (N-methyl/N-ethyl adjacent to an activating group) is 1. The summed E-state index contributed by atoms with van der Waals surface area (Å²) in [6, 6.07) is 5.70. The van der Waals surface area contributed by atoms with Crippen LogP contribution in [0.15, 0.2) is 33.3 Å². The van der Waals surface area contributed by atoms with Crippen LogP contribution < -0.4 is 0 Å². The Morgan fingerprint density at radius 3 is 2.76 bits per heavy atom. The summed E-state index contributed by atoms with van der Waals surface area (Å²) in [5, 5.41) is 4.29. The van der Waals surface area contributed by atoms with Gasteiger partial charge in [0.05, 0.1) is 17.2 Å². The molecule has 4 nitrogen and oxygen atoms in total. The Morgan fingerprint density at radius 2 is 2.10 bits per heavy atom. The second-order valence-corrected chi connectivity index (χ2v) is 7.75. The number of rotatable bonds is 5. The molecule has 0 radical (unpaired) electrons. The second-order valence-electron chi connectivity index (χ2n) is 4.82. The summed E-state index contributed by atoms with van der Waals surface area (Å²) in [6.07, 6.45) is 1.67. The SMILES string of the molecule is CN(C)CCn1ncc(Br)c1C(=O)c1cc(Br)ccc1I. The van der Waals surface area contributed by atoms with E-state index >= 15 is 0 Å². The number of hydrogen-bond acceptors (Lipinski definition) is 3. The van der Waals surface area contributed by atoms with Crippen molar-refractivity contribution in [3.8, 4) is 0 Å². The van der Waals surface area contributed by atoms with Crippen molar-refractivity contribution >= 4 is 60.2 Å². The molecular formula is C14H14Br2IN3O. The van der Waals surface area contributed by atoms with E-state index in [0.717, 1.165) is 19.1 Å². The summed E-state index contributed by atoms with van der Waals surface area (Å²) in [6.45, 7) is 1.49. The molecule has 2 rings (SSSR count). The molecule has 1 aromatic carbocycles. The molecule has 7 heteroatoms. The van der Waals surface area contributed by atoms with Crippen LogP contribution in [0.2, 0.25) is 0 Å². The topological polar surface area (TPSA) is 38.1 Å². The molecule has 0 atom stereocenters. The van der Waals surface area contributed by atoms with Gasteiger partial charge in [0.1, 0.15) is 5.69 Å². The number of nitrogens with zero attached hydrogens (tertiary/aromatic N) is 3. The third-order valence-corrected chi connectivity index (χ3v) is 4.96. The summed E-state index contributed by atoms with van der Waals surface area (Å²) in [7, 11) is 3.99. The second kappa shape index (κ2) is 7.34. The van der Waals surface area contributed by atoms with Crippen LogP contribution >= 0.6 is 54.5 Å². The molecule has 0 aliphatic rings. The highest BCUT2D eigenvalue weighted by Crippen LogP contribution is 2.25. The molecule has 1 aromatic heterocycles. The predicted octanol–water partition coefficient (Wildman–Crippen LogP) is 3.81. The third kappa shape index (κ3) is 4.14. The van der Waals surface area contributed by atoms with Crippen LogP contribution in [0.4, 0.5) is 0 Å².